The van der Waals surface area contributed by atoms with Crippen LogP contribution in [-0.2, 0) is 33.2 Å². The molecule has 0 bridgehead atoms. The number of nitrogens with one attached hydrogen (secondary N) is 1. The second-order valence-electron chi connectivity index (χ2n) is 11.6. The van der Waals surface area contributed by atoms with Crippen molar-refractivity contribution in [3.63, 3.8) is 0 Å². The molecule has 276 valence electrons. The molecule has 0 radical (unpaired) electrons. The molecule has 52 heavy (non-hydrogen) atoms. The Balaban J connectivity index is 1.36. The Bertz CT molecular complexity index is 1850. The third-order valence-corrected chi connectivity index (χ3v) is 9.33. The van der Waals surface area contributed by atoms with Crippen LogP contribution in [-0.4, -0.2) is 88.0 Å². The molecule has 2 amide bonds. The summed E-state index contributed by atoms with van der Waals surface area (Å²) in [5.41, 5.74) is -2.75. The number of hydrogen-bond donors (Lipinski definition) is 2. The zero-order valence-corrected chi connectivity index (χ0v) is 28.7. The Hall–Kier alpha value is -4.52. The van der Waals surface area contributed by atoms with Crippen molar-refractivity contribution in [1.82, 2.24) is 20.1 Å². The zero-order chi connectivity index (χ0) is 37.6. The average Bonchev–Trinajstić information content (AvgIpc) is 3.37. The number of carboxylic acids is 1. The van der Waals surface area contributed by atoms with Crippen molar-refractivity contribution in [2.24, 2.45) is 0 Å². The van der Waals surface area contributed by atoms with Gasteiger partial charge in [0.05, 0.1) is 29.2 Å². The second-order valence-corrected chi connectivity index (χ2v) is 13.2. The number of rotatable bonds is 12. The smallest absolute Gasteiger partial charge is 0.416 e. The van der Waals surface area contributed by atoms with E-state index in [9.17, 15) is 40.7 Å². The molecule has 2 aliphatic rings. The quantitative estimate of drug-likeness (QED) is 0.127. The number of pyridine rings is 1. The van der Waals surface area contributed by atoms with Crippen molar-refractivity contribution >= 4 is 52.2 Å². The van der Waals surface area contributed by atoms with Crippen LogP contribution in [0.15, 0.2) is 59.6 Å². The van der Waals surface area contributed by atoms with Crippen molar-refractivity contribution in [2.75, 3.05) is 46.0 Å². The van der Waals surface area contributed by atoms with Crippen LogP contribution < -0.4 is 10.1 Å². The largest absolute Gasteiger partial charge is 0.492 e. The molecule has 2 saturated heterocycles. The standard InChI is InChI=1S/C34H30F6N4O6S2/c35-33(36,37)24-15-22(16-25(18-24)34(38,39)40)21-1-2-27(50-12-9-43-7-10-49-11-8-43)23(14-21)17-28-30(46)44(32(51)52-28)6-4-29(45)42-19-20-3-5-41-26(13-20)31(47)48/h1-3,5,13-18H,4,6-12,19H2,(H,42,45)(H,47,48)/b28-17-. The molecule has 2 fully saturated rings. The first-order chi connectivity index (χ1) is 24.6. The minimum atomic E-state index is -5.05. The van der Waals surface area contributed by atoms with Crippen molar-refractivity contribution in [3.8, 4) is 16.9 Å². The van der Waals surface area contributed by atoms with Crippen LogP contribution in [0.25, 0.3) is 17.2 Å². The number of morpholine rings is 1. The van der Waals surface area contributed by atoms with Crippen molar-refractivity contribution in [1.29, 1.82) is 0 Å². The molecule has 5 rings (SSSR count). The third kappa shape index (κ3) is 10.1. The van der Waals surface area contributed by atoms with Gasteiger partial charge in [0.25, 0.3) is 5.91 Å². The molecule has 0 atom stereocenters. The minimum Gasteiger partial charge on any atom is -0.492 e. The minimum absolute atomic E-state index is 0.0141. The van der Waals surface area contributed by atoms with Gasteiger partial charge in [-0.25, -0.2) is 9.78 Å². The molecule has 2 aliphatic heterocycles. The first-order valence-electron chi connectivity index (χ1n) is 15.7. The Morgan fingerprint density at radius 2 is 1.67 bits per heavy atom. The summed E-state index contributed by atoms with van der Waals surface area (Å²) in [6.07, 6.45) is -7.55. The number of thiocarbonyl (C=S) groups is 1. The molecule has 0 aliphatic carbocycles. The van der Waals surface area contributed by atoms with Crippen LogP contribution in [0.2, 0.25) is 0 Å². The molecule has 3 heterocycles. The Labute approximate surface area is 302 Å². The van der Waals surface area contributed by atoms with E-state index in [0.29, 0.717) is 50.5 Å². The molecule has 18 heteroatoms. The highest BCUT2D eigenvalue weighted by atomic mass is 32.2. The van der Waals surface area contributed by atoms with Crippen LogP contribution >= 0.6 is 24.0 Å². The Morgan fingerprint density at radius 1 is 0.981 bits per heavy atom. The number of carbonyl (C=O) groups is 3. The molecule has 2 N–H and O–H groups in total. The number of hydrogen-bond acceptors (Lipinski definition) is 9. The van der Waals surface area contributed by atoms with Gasteiger partial charge in [-0.05, 0) is 65.2 Å². The van der Waals surface area contributed by atoms with E-state index in [0.717, 1.165) is 11.8 Å². The van der Waals surface area contributed by atoms with E-state index >= 15 is 0 Å². The third-order valence-electron chi connectivity index (χ3n) is 7.96. The van der Waals surface area contributed by atoms with E-state index in [2.05, 4.69) is 15.2 Å². The number of aromatic nitrogens is 1. The number of carboxylic acid groups (broad SMARTS) is 1. The molecule has 10 nitrogen and oxygen atoms in total. The van der Waals surface area contributed by atoms with Crippen LogP contribution in [0.4, 0.5) is 26.3 Å². The van der Waals surface area contributed by atoms with Gasteiger partial charge in [-0.2, -0.15) is 26.3 Å². The van der Waals surface area contributed by atoms with E-state index in [4.69, 9.17) is 26.8 Å². The molecule has 2 aromatic carbocycles. The van der Waals surface area contributed by atoms with E-state index in [1.54, 1.807) is 0 Å². The van der Waals surface area contributed by atoms with Crippen molar-refractivity contribution in [2.45, 2.75) is 25.3 Å². The molecule has 0 saturated carbocycles. The van der Waals surface area contributed by atoms with Crippen LogP contribution in [0.3, 0.4) is 0 Å². The maximum atomic E-state index is 13.6. The summed E-state index contributed by atoms with van der Waals surface area (Å²) >= 11 is 6.30. The fourth-order valence-electron chi connectivity index (χ4n) is 5.24. The summed E-state index contributed by atoms with van der Waals surface area (Å²) in [6.45, 7) is 3.09. The monoisotopic (exact) mass is 768 g/mol. The zero-order valence-electron chi connectivity index (χ0n) is 27.1. The van der Waals surface area contributed by atoms with Gasteiger partial charge in [0, 0.05) is 50.9 Å². The fourth-order valence-corrected chi connectivity index (χ4v) is 6.54. The number of ether oxygens (including phenoxy) is 2. The maximum absolute atomic E-state index is 13.6. The van der Waals surface area contributed by atoms with E-state index in [1.807, 2.05) is 0 Å². The second kappa shape index (κ2) is 16.4. The van der Waals surface area contributed by atoms with Crippen molar-refractivity contribution in [3.05, 3.63) is 87.6 Å². The Morgan fingerprint density at radius 3 is 2.33 bits per heavy atom. The van der Waals surface area contributed by atoms with Crippen LogP contribution in [0.1, 0.15) is 39.2 Å². The summed E-state index contributed by atoms with van der Waals surface area (Å²) in [5, 5.41) is 11.7. The SMILES string of the molecule is O=C(CCN1C(=O)/C(=C/c2cc(-c3cc(C(F)(F)F)cc(C(F)(F)F)c3)ccc2OCCN2CCOCC2)SC1=S)NCc1ccnc(C(=O)O)c1. The number of amides is 2. The van der Waals surface area contributed by atoms with E-state index < -0.39 is 41.3 Å². The Kier molecular flexibility index (Phi) is 12.2. The number of benzene rings is 2. The van der Waals surface area contributed by atoms with E-state index in [1.165, 1.54) is 47.5 Å². The van der Waals surface area contributed by atoms with Gasteiger partial charge in [0.15, 0.2) is 0 Å². The van der Waals surface area contributed by atoms with Gasteiger partial charge < -0.3 is 19.9 Å². The maximum Gasteiger partial charge on any atom is 0.416 e. The highest BCUT2D eigenvalue weighted by molar-refractivity contribution is 8.26. The molecular weight excluding hydrogens is 739 g/mol. The predicted molar refractivity (Wildman–Crippen MR) is 182 cm³/mol. The first-order valence-corrected chi connectivity index (χ1v) is 16.9. The van der Waals surface area contributed by atoms with Crippen LogP contribution in [0, 0.1) is 0 Å². The number of nitrogens with zero attached hydrogens (tertiary/aromatic N) is 3. The molecular formula is C34H30F6N4O6S2. The van der Waals surface area contributed by atoms with Gasteiger partial charge >= 0.3 is 18.3 Å². The van der Waals surface area contributed by atoms with Gasteiger partial charge in [-0.1, -0.05) is 30.0 Å². The molecule has 1 aromatic heterocycles. The summed E-state index contributed by atoms with van der Waals surface area (Å²) in [7, 11) is 0. The topological polar surface area (TPSA) is 121 Å². The lowest BCUT2D eigenvalue weighted by Crippen LogP contribution is -2.38. The lowest BCUT2D eigenvalue weighted by atomic mass is 9.97. The fraction of sp³-hybridized carbons (Fsp3) is 0.324. The predicted octanol–water partition coefficient (Wildman–Crippen LogP) is 6.10. The number of thioether (sulfide) groups is 1. The lowest BCUT2D eigenvalue weighted by Gasteiger charge is -2.26. The van der Waals surface area contributed by atoms with Gasteiger partial charge in [0.1, 0.15) is 22.4 Å². The number of aromatic carboxylic acids is 1. The number of alkyl halides is 6. The summed E-state index contributed by atoms with van der Waals surface area (Å²) < 4.78 is 93.3. The van der Waals surface area contributed by atoms with Crippen molar-refractivity contribution < 1.29 is 55.3 Å². The number of carbonyl (C=O) groups excluding carboxylic acids is 2. The van der Waals surface area contributed by atoms with E-state index in [-0.39, 0.29) is 69.5 Å². The number of halogens is 6. The molecule has 3 aromatic rings. The van der Waals surface area contributed by atoms with Crippen LogP contribution in [0.5, 0.6) is 5.75 Å². The van der Waals surface area contributed by atoms with Gasteiger partial charge in [0.2, 0.25) is 5.91 Å². The molecule has 0 unspecified atom stereocenters. The highest BCUT2D eigenvalue weighted by Crippen LogP contribution is 2.40. The first kappa shape index (κ1) is 38.7. The van der Waals surface area contributed by atoms with Gasteiger partial charge in [-0.3, -0.25) is 19.4 Å². The van der Waals surface area contributed by atoms with Gasteiger partial charge in [-0.15, -0.1) is 0 Å². The lowest BCUT2D eigenvalue weighted by molar-refractivity contribution is -0.143. The average molecular weight is 769 g/mol. The summed E-state index contributed by atoms with van der Waals surface area (Å²) in [4.78, 5) is 44.3. The molecule has 0 spiro atoms. The highest BCUT2D eigenvalue weighted by Gasteiger charge is 2.37. The normalized spacial score (nSPS) is 16.4. The summed E-state index contributed by atoms with van der Waals surface area (Å²) in [6, 6.07) is 8.25. The summed E-state index contributed by atoms with van der Waals surface area (Å²) in [5.74, 6) is -2.01.